The van der Waals surface area contributed by atoms with Crippen LogP contribution in [0.4, 0.5) is 5.69 Å². The monoisotopic (exact) mass is 565 g/mol. The van der Waals surface area contributed by atoms with Crippen molar-refractivity contribution in [3.05, 3.63) is 90.0 Å². The molecule has 0 saturated heterocycles. The molecule has 2 amide bonds. The third-order valence-corrected chi connectivity index (χ3v) is 8.18. The lowest BCUT2D eigenvalue weighted by molar-refractivity contribution is -0.140. The molecule has 0 bridgehead atoms. The second-order valence-corrected chi connectivity index (χ2v) is 12.5. The molecule has 214 valence electrons. The molecule has 0 saturated carbocycles. The summed E-state index contributed by atoms with van der Waals surface area (Å²) < 4.78 is 34.4. The Labute approximate surface area is 238 Å². The fraction of sp³-hybridized carbons (Fsp3) is 0.355. The summed E-state index contributed by atoms with van der Waals surface area (Å²) in [4.78, 5) is 28.8. The van der Waals surface area contributed by atoms with Crippen LogP contribution in [-0.2, 0) is 32.6 Å². The molecule has 3 aromatic rings. The molecule has 0 heterocycles. The lowest BCUT2D eigenvalue weighted by Gasteiger charge is -2.34. The lowest BCUT2D eigenvalue weighted by atomic mass is 10.1. The number of sulfonamides is 1. The van der Waals surface area contributed by atoms with E-state index in [0.29, 0.717) is 17.9 Å². The van der Waals surface area contributed by atoms with Gasteiger partial charge in [0, 0.05) is 12.1 Å². The molecule has 3 rings (SSSR count). The fourth-order valence-corrected chi connectivity index (χ4v) is 5.78. The van der Waals surface area contributed by atoms with Gasteiger partial charge >= 0.3 is 0 Å². The normalized spacial score (nSPS) is 12.3. The highest BCUT2D eigenvalue weighted by Gasteiger charge is 2.34. The number of methoxy groups -OCH3 is 1. The number of nitrogens with one attached hydrogen (secondary N) is 1. The van der Waals surface area contributed by atoms with Crippen molar-refractivity contribution in [2.45, 2.75) is 64.1 Å². The topological polar surface area (TPSA) is 96.0 Å². The minimum Gasteiger partial charge on any atom is -0.497 e. The fourth-order valence-electron chi connectivity index (χ4n) is 4.31. The average molecular weight is 566 g/mol. The first-order chi connectivity index (χ1) is 18.9. The van der Waals surface area contributed by atoms with Crippen LogP contribution in [-0.4, -0.2) is 50.4 Å². The van der Waals surface area contributed by atoms with Crippen LogP contribution in [0.15, 0.2) is 83.8 Å². The standard InChI is InChI=1S/C31H39N3O5S/c1-7-25-15-11-12-19-28(25)34(40(37,38)27-17-9-8-10-18-27)22-29(35)33(23(2)30(36)32-31(3,4)5)21-24-14-13-16-26(20-24)39-6/h8-20,23H,7,21-22H2,1-6H3,(H,32,36)/t23-/m0/s1. The van der Waals surface area contributed by atoms with E-state index in [0.717, 1.165) is 15.4 Å². The molecule has 0 unspecified atom stereocenters. The maximum absolute atomic E-state index is 14.1. The van der Waals surface area contributed by atoms with E-state index in [-0.39, 0.29) is 17.3 Å². The minimum absolute atomic E-state index is 0.0755. The number of ether oxygens (including phenoxy) is 1. The number of benzene rings is 3. The highest BCUT2D eigenvalue weighted by molar-refractivity contribution is 7.92. The van der Waals surface area contributed by atoms with Crippen molar-refractivity contribution in [3.63, 3.8) is 0 Å². The van der Waals surface area contributed by atoms with Gasteiger partial charge in [-0.05, 0) is 75.6 Å². The van der Waals surface area contributed by atoms with Crippen LogP contribution in [0.5, 0.6) is 5.75 Å². The van der Waals surface area contributed by atoms with Gasteiger partial charge in [0.1, 0.15) is 18.3 Å². The van der Waals surface area contributed by atoms with Gasteiger partial charge < -0.3 is 15.0 Å². The molecule has 0 aliphatic rings. The van der Waals surface area contributed by atoms with E-state index in [2.05, 4.69) is 5.32 Å². The number of carbonyl (C=O) groups excluding carboxylic acids is 2. The molecular weight excluding hydrogens is 526 g/mol. The summed E-state index contributed by atoms with van der Waals surface area (Å²) in [6, 6.07) is 21.5. The first-order valence-corrected chi connectivity index (χ1v) is 14.7. The molecule has 40 heavy (non-hydrogen) atoms. The molecular formula is C31H39N3O5S. The van der Waals surface area contributed by atoms with Crippen LogP contribution in [0.3, 0.4) is 0 Å². The molecule has 0 fully saturated rings. The van der Waals surface area contributed by atoms with Crippen LogP contribution in [0.2, 0.25) is 0 Å². The van der Waals surface area contributed by atoms with E-state index in [1.165, 1.54) is 17.0 Å². The van der Waals surface area contributed by atoms with Gasteiger partial charge in [0.15, 0.2) is 0 Å². The van der Waals surface area contributed by atoms with Gasteiger partial charge in [-0.1, -0.05) is 55.5 Å². The number of nitrogens with zero attached hydrogens (tertiary/aromatic N) is 2. The van der Waals surface area contributed by atoms with Gasteiger partial charge in [0.05, 0.1) is 17.7 Å². The van der Waals surface area contributed by atoms with Crippen LogP contribution in [0.1, 0.15) is 45.7 Å². The quantitative estimate of drug-likeness (QED) is 0.361. The summed E-state index contributed by atoms with van der Waals surface area (Å²) in [5.41, 5.74) is 1.44. The van der Waals surface area contributed by atoms with Crippen LogP contribution >= 0.6 is 0 Å². The number of rotatable bonds is 11. The number of amides is 2. The van der Waals surface area contributed by atoms with E-state index in [9.17, 15) is 18.0 Å². The highest BCUT2D eigenvalue weighted by atomic mass is 32.2. The van der Waals surface area contributed by atoms with Crippen molar-refractivity contribution < 1.29 is 22.7 Å². The van der Waals surface area contributed by atoms with Crippen molar-refractivity contribution in [2.75, 3.05) is 18.0 Å². The maximum Gasteiger partial charge on any atom is 0.264 e. The Morgan fingerprint density at radius 2 is 1.60 bits per heavy atom. The highest BCUT2D eigenvalue weighted by Crippen LogP contribution is 2.28. The smallest absolute Gasteiger partial charge is 0.264 e. The molecule has 9 heteroatoms. The second-order valence-electron chi connectivity index (χ2n) is 10.6. The summed E-state index contributed by atoms with van der Waals surface area (Å²) >= 11 is 0. The van der Waals surface area contributed by atoms with Crippen molar-refractivity contribution in [2.24, 2.45) is 0 Å². The zero-order valence-electron chi connectivity index (χ0n) is 24.0. The zero-order valence-corrected chi connectivity index (χ0v) is 24.9. The number of anilines is 1. The lowest BCUT2D eigenvalue weighted by Crippen LogP contribution is -2.54. The second kappa shape index (κ2) is 13.0. The third kappa shape index (κ3) is 7.63. The van der Waals surface area contributed by atoms with Gasteiger partial charge in [-0.25, -0.2) is 8.42 Å². The Hall–Kier alpha value is -3.85. The number of hydrogen-bond acceptors (Lipinski definition) is 5. The molecule has 0 radical (unpaired) electrons. The molecule has 0 aromatic heterocycles. The number of hydrogen-bond donors (Lipinski definition) is 1. The minimum atomic E-state index is -4.11. The van der Waals surface area contributed by atoms with Gasteiger partial charge in [-0.2, -0.15) is 0 Å². The zero-order chi connectivity index (χ0) is 29.5. The third-order valence-electron chi connectivity index (χ3n) is 6.40. The molecule has 3 aromatic carbocycles. The summed E-state index contributed by atoms with van der Waals surface area (Å²) in [6.07, 6.45) is 0.573. The molecule has 0 aliphatic heterocycles. The molecule has 0 spiro atoms. The Morgan fingerprint density at radius 3 is 2.23 bits per heavy atom. The number of aryl methyl sites for hydroxylation is 1. The average Bonchev–Trinajstić information content (AvgIpc) is 2.93. The van der Waals surface area contributed by atoms with Crippen molar-refractivity contribution in [1.82, 2.24) is 10.2 Å². The van der Waals surface area contributed by atoms with E-state index < -0.39 is 34.1 Å². The Bertz CT molecular complexity index is 1420. The largest absolute Gasteiger partial charge is 0.497 e. The van der Waals surface area contributed by atoms with E-state index in [4.69, 9.17) is 4.74 Å². The number of carbonyl (C=O) groups is 2. The van der Waals surface area contributed by atoms with Crippen LogP contribution in [0.25, 0.3) is 0 Å². The first kappa shape index (κ1) is 30.7. The van der Waals surface area contributed by atoms with Gasteiger partial charge in [0.2, 0.25) is 11.8 Å². The molecule has 1 atom stereocenters. The Kier molecular flexibility index (Phi) is 9.98. The molecule has 1 N–H and O–H groups in total. The predicted octanol–water partition coefficient (Wildman–Crippen LogP) is 4.78. The van der Waals surface area contributed by atoms with Gasteiger partial charge in [0.25, 0.3) is 10.0 Å². The van der Waals surface area contributed by atoms with Crippen LogP contribution < -0.4 is 14.4 Å². The first-order valence-electron chi connectivity index (χ1n) is 13.3. The Balaban J connectivity index is 2.07. The van der Waals surface area contributed by atoms with E-state index in [1.807, 2.05) is 45.9 Å². The summed E-state index contributed by atoms with van der Waals surface area (Å²) in [6.45, 7) is 8.77. The van der Waals surface area contributed by atoms with E-state index >= 15 is 0 Å². The van der Waals surface area contributed by atoms with Crippen molar-refractivity contribution in [3.8, 4) is 5.75 Å². The summed E-state index contributed by atoms with van der Waals surface area (Å²) in [7, 11) is -2.55. The predicted molar refractivity (Wildman–Crippen MR) is 158 cm³/mol. The van der Waals surface area contributed by atoms with Crippen molar-refractivity contribution in [1.29, 1.82) is 0 Å². The number of para-hydroxylation sites is 1. The molecule has 0 aliphatic carbocycles. The van der Waals surface area contributed by atoms with Crippen molar-refractivity contribution >= 4 is 27.5 Å². The SMILES string of the molecule is CCc1ccccc1N(CC(=O)N(Cc1cccc(OC)c1)[C@@H](C)C(=O)NC(C)(C)C)S(=O)(=O)c1ccccc1. The van der Waals surface area contributed by atoms with Gasteiger partial charge in [-0.15, -0.1) is 0 Å². The van der Waals surface area contributed by atoms with Crippen LogP contribution in [0, 0.1) is 0 Å². The molecule has 8 nitrogen and oxygen atoms in total. The van der Waals surface area contributed by atoms with E-state index in [1.54, 1.807) is 62.6 Å². The summed E-state index contributed by atoms with van der Waals surface area (Å²) in [5, 5.41) is 2.93. The maximum atomic E-state index is 14.1. The van der Waals surface area contributed by atoms with Gasteiger partial charge in [-0.3, -0.25) is 13.9 Å². The summed E-state index contributed by atoms with van der Waals surface area (Å²) in [5.74, 6) is -0.234. The Morgan fingerprint density at radius 1 is 0.950 bits per heavy atom.